The summed E-state index contributed by atoms with van der Waals surface area (Å²) in [6.45, 7) is 4.98. The molecule has 6 aromatic rings. The maximum atomic E-state index is 14.0. The highest BCUT2D eigenvalue weighted by molar-refractivity contribution is 8.76. The number of unbranched alkanes of at least 4 members (excludes halogenated alkanes) is 1. The zero-order valence-corrected chi connectivity index (χ0v) is 52.2. The van der Waals surface area contributed by atoms with Crippen molar-refractivity contribution in [2.24, 2.45) is 0 Å². The lowest BCUT2D eigenvalue weighted by Crippen LogP contribution is -2.50. The molecule has 4 amide bonds. The first-order chi connectivity index (χ1) is 44.2. The molecule has 488 valence electrons. The Balaban J connectivity index is 0.834. The Bertz CT molecular complexity index is 3370. The summed E-state index contributed by atoms with van der Waals surface area (Å²) in [5.41, 5.74) is 11.7. The van der Waals surface area contributed by atoms with Crippen molar-refractivity contribution in [3.63, 3.8) is 0 Å². The monoisotopic (exact) mass is 1300 g/mol. The number of anilines is 1. The molecule has 0 aliphatic carbocycles. The van der Waals surface area contributed by atoms with Gasteiger partial charge in [0.2, 0.25) is 17.7 Å². The number of hydrogen-bond acceptors (Lipinski definition) is 23. The SMILES string of the molecule is CCCCOCCOCCOCCOCCOCCOCCNC(=O)C(CSSCCOC(=O)OCc1ccc(-c2ccnc3ccc(-c4cnc(OC)c(N)c4)cc23)cn1)NC(=O)COc1ccc2nccc(C(=O)NCC(=O)N3CC(F)(F)C[C@H]3C#N)c2c1. The number of rotatable bonds is 40. The average molecular weight is 1300 g/mol. The molecule has 0 saturated carbocycles. The van der Waals surface area contributed by atoms with Crippen LogP contribution in [0.4, 0.5) is 19.3 Å². The van der Waals surface area contributed by atoms with Crippen LogP contribution in [0.15, 0.2) is 91.5 Å². The Labute approximate surface area is 532 Å². The van der Waals surface area contributed by atoms with Crippen molar-refractivity contribution in [1.82, 2.24) is 40.8 Å². The number of nitrogens with one attached hydrogen (secondary N) is 3. The normalized spacial score (nSPS) is 13.7. The van der Waals surface area contributed by atoms with Gasteiger partial charge < -0.3 is 74.0 Å². The van der Waals surface area contributed by atoms with Gasteiger partial charge >= 0.3 is 6.16 Å². The highest BCUT2D eigenvalue weighted by Gasteiger charge is 2.47. The van der Waals surface area contributed by atoms with Crippen LogP contribution in [0.2, 0.25) is 0 Å². The van der Waals surface area contributed by atoms with E-state index in [-0.39, 0.29) is 50.0 Å². The smallest absolute Gasteiger partial charge is 0.484 e. The van der Waals surface area contributed by atoms with Gasteiger partial charge in [-0.05, 0) is 72.1 Å². The standard InChI is InChI=1S/C62H74F2N10O15S2/c1-3-4-16-81-18-20-83-22-24-85-26-27-86-25-23-84-21-19-82-17-15-69-59(78)55(73-56(75)39-88-47-8-10-54-51(32-47)49(12-14-68-54)58(77)71-37-57(76)74-41-62(63,64)33-46(74)34-65)40-91-90-29-28-87-61(79)89-38-45-7-5-43(35-70-45)48-11-13-67-53-9-6-42(30-50(48)53)44-31-52(66)60(80-2)72-36-44/h5-14,30-32,35-36,46,55H,3-4,15-29,33,37-41,66H2,1-2H3,(H,69,78)(H,71,77)(H,73,75)/t46-,55?/m0/s1. The van der Waals surface area contributed by atoms with E-state index in [9.17, 15) is 38.0 Å². The van der Waals surface area contributed by atoms with Crippen LogP contribution in [-0.4, -0.2) is 203 Å². The van der Waals surface area contributed by atoms with Crippen LogP contribution in [-0.2, 0) is 58.9 Å². The van der Waals surface area contributed by atoms with Crippen molar-refractivity contribution in [3.05, 3.63) is 103 Å². The molecular formula is C62H74F2N10O15S2. The van der Waals surface area contributed by atoms with Gasteiger partial charge in [-0.2, -0.15) is 5.26 Å². The predicted molar refractivity (Wildman–Crippen MR) is 335 cm³/mol. The van der Waals surface area contributed by atoms with E-state index in [2.05, 4.69) is 42.8 Å². The van der Waals surface area contributed by atoms with Crippen molar-refractivity contribution < 1.29 is 80.1 Å². The van der Waals surface area contributed by atoms with Crippen LogP contribution in [0.3, 0.4) is 0 Å². The minimum absolute atomic E-state index is 0.0302. The Kier molecular flexibility index (Phi) is 29.3. The Hall–Kier alpha value is -8.08. The summed E-state index contributed by atoms with van der Waals surface area (Å²) in [5.74, 6) is -5.06. The first-order valence-electron chi connectivity index (χ1n) is 29.3. The molecule has 1 saturated heterocycles. The van der Waals surface area contributed by atoms with Crippen molar-refractivity contribution >= 4 is 78.9 Å². The Morgan fingerprint density at radius 1 is 0.736 bits per heavy atom. The van der Waals surface area contributed by atoms with Gasteiger partial charge in [-0.25, -0.2) is 18.6 Å². The summed E-state index contributed by atoms with van der Waals surface area (Å²) in [6, 6.07) is 18.4. The highest BCUT2D eigenvalue weighted by atomic mass is 33.1. The van der Waals surface area contributed by atoms with E-state index in [0.29, 0.717) is 93.4 Å². The number of methoxy groups -OCH3 is 1. The Morgan fingerprint density at radius 2 is 1.40 bits per heavy atom. The molecule has 4 aromatic heterocycles. The average Bonchev–Trinajstić information content (AvgIpc) is 1.42. The van der Waals surface area contributed by atoms with Crippen molar-refractivity contribution in [3.8, 4) is 40.0 Å². The summed E-state index contributed by atoms with van der Waals surface area (Å²) in [5, 5.41) is 18.4. The summed E-state index contributed by atoms with van der Waals surface area (Å²) in [7, 11) is 4.05. The van der Waals surface area contributed by atoms with Crippen LogP contribution in [0.25, 0.3) is 44.1 Å². The second-order valence-corrected chi connectivity index (χ2v) is 22.7. The van der Waals surface area contributed by atoms with Gasteiger partial charge in [-0.3, -0.25) is 34.1 Å². The molecule has 2 atom stereocenters. The lowest BCUT2D eigenvalue weighted by atomic mass is 9.98. The predicted octanol–water partition coefficient (Wildman–Crippen LogP) is 6.60. The molecule has 29 heteroatoms. The third-order valence-corrected chi connectivity index (χ3v) is 15.9. The molecule has 1 aliphatic heterocycles. The molecule has 1 aliphatic rings. The minimum Gasteiger partial charge on any atom is -0.484 e. The third kappa shape index (κ3) is 23.3. The van der Waals surface area contributed by atoms with Gasteiger partial charge in [-0.15, -0.1) is 0 Å². The van der Waals surface area contributed by atoms with Gasteiger partial charge in [0.15, 0.2) is 6.61 Å². The zero-order valence-electron chi connectivity index (χ0n) is 50.5. The number of nitrogens with two attached hydrogens (primary N) is 1. The molecule has 5 heterocycles. The van der Waals surface area contributed by atoms with E-state index in [4.69, 9.17) is 53.1 Å². The fourth-order valence-electron chi connectivity index (χ4n) is 8.90. The van der Waals surface area contributed by atoms with Gasteiger partial charge in [0.05, 0.1) is 127 Å². The number of halogens is 2. The highest BCUT2D eigenvalue weighted by Crippen LogP contribution is 2.34. The van der Waals surface area contributed by atoms with Gasteiger partial charge in [-0.1, -0.05) is 47.1 Å². The van der Waals surface area contributed by atoms with E-state index in [1.807, 2.05) is 30.3 Å². The number of carbonyl (C=O) groups is 5. The molecule has 1 unspecified atom stereocenters. The first-order valence-corrected chi connectivity index (χ1v) is 31.8. The molecule has 25 nitrogen and oxygen atoms in total. The van der Waals surface area contributed by atoms with Crippen molar-refractivity contribution in [2.45, 2.75) is 50.8 Å². The lowest BCUT2D eigenvalue weighted by molar-refractivity contribution is -0.131. The maximum Gasteiger partial charge on any atom is 0.508 e. The van der Waals surface area contributed by atoms with Gasteiger partial charge in [0.25, 0.3) is 17.7 Å². The molecule has 0 bridgehead atoms. The molecule has 5 N–H and O–H groups in total. The number of likely N-dealkylation sites (tertiary alicyclic amines) is 1. The number of aromatic nitrogens is 4. The maximum absolute atomic E-state index is 14.0. The van der Waals surface area contributed by atoms with Crippen molar-refractivity contribution in [1.29, 1.82) is 5.26 Å². The van der Waals surface area contributed by atoms with E-state index in [1.54, 1.807) is 42.9 Å². The number of nitrogen functional groups attached to an aromatic ring is 1. The molecule has 0 radical (unpaired) electrons. The zero-order chi connectivity index (χ0) is 64.6. The summed E-state index contributed by atoms with van der Waals surface area (Å²) >= 11 is 0. The molecular weight excluding hydrogens is 1230 g/mol. The summed E-state index contributed by atoms with van der Waals surface area (Å²) in [6.07, 6.45) is 6.90. The number of hydrogen-bond donors (Lipinski definition) is 4. The number of pyridine rings is 4. The summed E-state index contributed by atoms with van der Waals surface area (Å²) < 4.78 is 82.8. The second kappa shape index (κ2) is 37.9. The fraction of sp³-hybridized carbons (Fsp3) is 0.452. The number of carbonyl (C=O) groups excluding carboxylic acids is 5. The van der Waals surface area contributed by atoms with Crippen LogP contribution in [0.5, 0.6) is 11.6 Å². The Morgan fingerprint density at radius 3 is 2.07 bits per heavy atom. The number of amides is 4. The first kappa shape index (κ1) is 70.4. The molecule has 2 aromatic carbocycles. The summed E-state index contributed by atoms with van der Waals surface area (Å²) in [4.78, 5) is 84.0. The lowest BCUT2D eigenvalue weighted by Gasteiger charge is -2.19. The van der Waals surface area contributed by atoms with E-state index < -0.39 is 73.9 Å². The van der Waals surface area contributed by atoms with Gasteiger partial charge in [0, 0.05) is 77.8 Å². The number of nitrogens with zero attached hydrogens (tertiary/aromatic N) is 6. The fourth-order valence-corrected chi connectivity index (χ4v) is 10.9. The number of fused-ring (bicyclic) bond motifs is 2. The van der Waals surface area contributed by atoms with Crippen LogP contribution in [0.1, 0.15) is 42.2 Å². The van der Waals surface area contributed by atoms with E-state index in [1.165, 1.54) is 53.1 Å². The largest absolute Gasteiger partial charge is 0.508 e. The van der Waals surface area contributed by atoms with Crippen molar-refractivity contribution in [2.75, 3.05) is 136 Å². The third-order valence-electron chi connectivity index (χ3n) is 13.5. The molecule has 0 spiro atoms. The molecule has 7 rings (SSSR count). The minimum atomic E-state index is -3.22. The number of nitriles is 1. The number of ether oxygens (including phenoxy) is 10. The number of alkyl halides is 2. The quantitative estimate of drug-likeness (QED) is 0.0179. The van der Waals surface area contributed by atoms with Crippen LogP contribution in [0, 0.1) is 11.3 Å². The molecule has 91 heavy (non-hydrogen) atoms. The second-order valence-electron chi connectivity index (χ2n) is 20.1. The number of benzene rings is 2. The van der Waals surface area contributed by atoms with Crippen LogP contribution >= 0.6 is 21.6 Å². The van der Waals surface area contributed by atoms with Gasteiger partial charge in [0.1, 0.15) is 31.0 Å². The molecule has 1 fully saturated rings. The van der Waals surface area contributed by atoms with E-state index in [0.717, 1.165) is 57.5 Å². The topological polar surface area (TPSA) is 318 Å². The van der Waals surface area contributed by atoms with Crippen LogP contribution < -0.4 is 31.2 Å². The van der Waals surface area contributed by atoms with E-state index >= 15 is 0 Å².